The molecule has 122 valence electrons. The van der Waals surface area contributed by atoms with Gasteiger partial charge in [-0.05, 0) is 37.8 Å². The second kappa shape index (κ2) is 7.82. The molecule has 0 aromatic heterocycles. The van der Waals surface area contributed by atoms with E-state index in [1.165, 1.54) is 12.1 Å². The van der Waals surface area contributed by atoms with Crippen molar-refractivity contribution < 1.29 is 32.6 Å². The SMILES string of the molecule is CCOC(=O)[C@@H](CCCc1cccc(C(F)(F)F)c1)C(=O)O. The van der Waals surface area contributed by atoms with Crippen molar-refractivity contribution in [3.8, 4) is 0 Å². The molecular weight excluding hydrogens is 301 g/mol. The van der Waals surface area contributed by atoms with Crippen LogP contribution in [0.2, 0.25) is 0 Å². The predicted octanol–water partition coefficient (Wildman–Crippen LogP) is 3.29. The molecule has 0 fully saturated rings. The highest BCUT2D eigenvalue weighted by molar-refractivity contribution is 5.93. The van der Waals surface area contributed by atoms with Gasteiger partial charge in [0.2, 0.25) is 0 Å². The zero-order valence-electron chi connectivity index (χ0n) is 12.0. The number of ether oxygens (including phenoxy) is 1. The average Bonchev–Trinajstić information content (AvgIpc) is 2.42. The first-order valence-corrected chi connectivity index (χ1v) is 6.81. The molecule has 0 aliphatic rings. The molecule has 0 amide bonds. The number of halogens is 3. The highest BCUT2D eigenvalue weighted by atomic mass is 19.4. The molecule has 1 atom stereocenters. The molecule has 0 radical (unpaired) electrons. The van der Waals surface area contributed by atoms with E-state index in [4.69, 9.17) is 5.11 Å². The Hall–Kier alpha value is -2.05. The molecule has 0 aliphatic carbocycles. The number of benzene rings is 1. The number of aliphatic carboxylic acids is 1. The lowest BCUT2D eigenvalue weighted by Gasteiger charge is -2.12. The molecule has 0 bridgehead atoms. The number of aryl methyl sites for hydroxylation is 1. The van der Waals surface area contributed by atoms with E-state index in [1.54, 1.807) is 6.92 Å². The van der Waals surface area contributed by atoms with Crippen LogP contribution in [0.4, 0.5) is 13.2 Å². The number of hydrogen-bond acceptors (Lipinski definition) is 3. The third-order valence-corrected chi connectivity index (χ3v) is 3.08. The van der Waals surface area contributed by atoms with Crippen LogP contribution < -0.4 is 0 Å². The molecular formula is C15H17F3O4. The largest absolute Gasteiger partial charge is 0.481 e. The Labute approximate surface area is 125 Å². The minimum Gasteiger partial charge on any atom is -0.481 e. The van der Waals surface area contributed by atoms with Gasteiger partial charge in [0.1, 0.15) is 0 Å². The van der Waals surface area contributed by atoms with Crippen molar-refractivity contribution in [2.24, 2.45) is 5.92 Å². The van der Waals surface area contributed by atoms with E-state index in [2.05, 4.69) is 4.74 Å². The molecule has 0 unspecified atom stereocenters. The monoisotopic (exact) mass is 318 g/mol. The third-order valence-electron chi connectivity index (χ3n) is 3.08. The number of carboxylic acids is 1. The summed E-state index contributed by atoms with van der Waals surface area (Å²) in [6.07, 6.45) is -3.86. The van der Waals surface area contributed by atoms with Crippen LogP contribution in [-0.2, 0) is 26.9 Å². The molecule has 0 spiro atoms. The molecule has 1 N–H and O–H groups in total. The summed E-state index contributed by atoms with van der Waals surface area (Å²) in [7, 11) is 0. The number of hydrogen-bond donors (Lipinski definition) is 1. The van der Waals surface area contributed by atoms with Crippen LogP contribution in [0.5, 0.6) is 0 Å². The van der Waals surface area contributed by atoms with Crippen molar-refractivity contribution in [3.05, 3.63) is 35.4 Å². The van der Waals surface area contributed by atoms with E-state index >= 15 is 0 Å². The summed E-state index contributed by atoms with van der Waals surface area (Å²) in [5.41, 5.74) is -0.298. The number of alkyl halides is 3. The van der Waals surface area contributed by atoms with Crippen LogP contribution in [0.25, 0.3) is 0 Å². The number of rotatable bonds is 7. The summed E-state index contributed by atoms with van der Waals surface area (Å²) >= 11 is 0. The number of carboxylic acid groups (broad SMARTS) is 1. The van der Waals surface area contributed by atoms with Crippen molar-refractivity contribution in [1.29, 1.82) is 0 Å². The maximum Gasteiger partial charge on any atom is 0.416 e. The van der Waals surface area contributed by atoms with Gasteiger partial charge in [0.05, 0.1) is 12.2 Å². The normalized spacial score (nSPS) is 12.7. The molecule has 4 nitrogen and oxygen atoms in total. The topological polar surface area (TPSA) is 63.6 Å². The fourth-order valence-electron chi connectivity index (χ4n) is 2.00. The summed E-state index contributed by atoms with van der Waals surface area (Å²) in [4.78, 5) is 22.5. The second-order valence-corrected chi connectivity index (χ2v) is 4.73. The molecule has 0 saturated carbocycles. The van der Waals surface area contributed by atoms with E-state index in [-0.39, 0.29) is 25.9 Å². The highest BCUT2D eigenvalue weighted by Gasteiger charge is 2.30. The van der Waals surface area contributed by atoms with Crippen molar-refractivity contribution in [3.63, 3.8) is 0 Å². The fourth-order valence-corrected chi connectivity index (χ4v) is 2.00. The molecule has 0 heterocycles. The minimum atomic E-state index is -4.41. The fraction of sp³-hybridized carbons (Fsp3) is 0.467. The molecule has 7 heteroatoms. The van der Waals surface area contributed by atoms with Gasteiger partial charge >= 0.3 is 18.1 Å². The lowest BCUT2D eigenvalue weighted by molar-refractivity contribution is -0.158. The average molecular weight is 318 g/mol. The van der Waals surface area contributed by atoms with Gasteiger partial charge in [0.25, 0.3) is 0 Å². The van der Waals surface area contributed by atoms with Crippen LogP contribution >= 0.6 is 0 Å². The molecule has 1 rings (SSSR count). The van der Waals surface area contributed by atoms with Gasteiger partial charge in [0, 0.05) is 0 Å². The first-order chi connectivity index (χ1) is 10.3. The number of esters is 1. The maximum atomic E-state index is 12.6. The molecule has 0 aliphatic heterocycles. The molecule has 1 aromatic rings. The zero-order valence-corrected chi connectivity index (χ0v) is 12.0. The van der Waals surface area contributed by atoms with Gasteiger partial charge in [-0.3, -0.25) is 9.59 Å². The molecule has 0 saturated heterocycles. The summed E-state index contributed by atoms with van der Waals surface area (Å²) in [6.45, 7) is 1.65. The minimum absolute atomic E-state index is 0.0183. The Balaban J connectivity index is 2.62. The van der Waals surface area contributed by atoms with Crippen LogP contribution in [-0.4, -0.2) is 23.7 Å². The van der Waals surface area contributed by atoms with Gasteiger partial charge in [-0.1, -0.05) is 18.2 Å². The smallest absolute Gasteiger partial charge is 0.416 e. The van der Waals surface area contributed by atoms with Crippen molar-refractivity contribution in [2.75, 3.05) is 6.61 Å². The summed E-state index contributed by atoms with van der Waals surface area (Å²) in [5, 5.41) is 8.97. The third kappa shape index (κ3) is 5.38. The summed E-state index contributed by atoms with van der Waals surface area (Å²) in [6, 6.07) is 4.84. The van der Waals surface area contributed by atoms with Crippen LogP contribution in [0.1, 0.15) is 30.9 Å². The Kier molecular flexibility index (Phi) is 6.39. The van der Waals surface area contributed by atoms with Crippen molar-refractivity contribution in [1.82, 2.24) is 0 Å². The quantitative estimate of drug-likeness (QED) is 0.619. The van der Waals surface area contributed by atoms with Crippen LogP contribution in [0, 0.1) is 5.92 Å². The highest BCUT2D eigenvalue weighted by Crippen LogP contribution is 2.29. The van der Waals surface area contributed by atoms with E-state index < -0.39 is 29.6 Å². The van der Waals surface area contributed by atoms with Gasteiger partial charge in [-0.25, -0.2) is 0 Å². The van der Waals surface area contributed by atoms with E-state index in [9.17, 15) is 22.8 Å². The van der Waals surface area contributed by atoms with Gasteiger partial charge in [-0.15, -0.1) is 0 Å². The van der Waals surface area contributed by atoms with E-state index in [0.29, 0.717) is 5.56 Å². The van der Waals surface area contributed by atoms with Gasteiger partial charge < -0.3 is 9.84 Å². The number of carbonyl (C=O) groups excluding carboxylic acids is 1. The number of carbonyl (C=O) groups is 2. The van der Waals surface area contributed by atoms with Crippen molar-refractivity contribution in [2.45, 2.75) is 32.4 Å². The first kappa shape index (κ1) is 18.0. The molecule has 1 aromatic carbocycles. The Morgan fingerprint density at radius 2 is 2.00 bits per heavy atom. The lowest BCUT2D eigenvalue weighted by atomic mass is 9.99. The Morgan fingerprint density at radius 1 is 1.32 bits per heavy atom. The lowest BCUT2D eigenvalue weighted by Crippen LogP contribution is -2.26. The van der Waals surface area contributed by atoms with Crippen LogP contribution in [0.15, 0.2) is 24.3 Å². The van der Waals surface area contributed by atoms with Crippen molar-refractivity contribution >= 4 is 11.9 Å². The summed E-state index contributed by atoms with van der Waals surface area (Å²) < 4.78 is 42.4. The molecule has 22 heavy (non-hydrogen) atoms. The standard InChI is InChI=1S/C15H17F3O4/c1-2-22-14(21)12(13(19)20)8-4-6-10-5-3-7-11(9-10)15(16,17)18/h3,5,7,9,12H,2,4,6,8H2,1H3,(H,19,20)/t12-/m0/s1. The van der Waals surface area contributed by atoms with Gasteiger partial charge in [0.15, 0.2) is 5.92 Å². The van der Waals surface area contributed by atoms with E-state index in [0.717, 1.165) is 12.1 Å². The zero-order chi connectivity index (χ0) is 16.8. The first-order valence-electron chi connectivity index (χ1n) is 6.81. The predicted molar refractivity (Wildman–Crippen MR) is 72.1 cm³/mol. The van der Waals surface area contributed by atoms with Gasteiger partial charge in [-0.2, -0.15) is 13.2 Å². The Bertz CT molecular complexity index is 526. The van der Waals surface area contributed by atoms with Crippen LogP contribution in [0.3, 0.4) is 0 Å². The Morgan fingerprint density at radius 3 is 2.55 bits per heavy atom. The summed E-state index contributed by atoms with van der Waals surface area (Å²) in [5.74, 6) is -3.40. The van der Waals surface area contributed by atoms with E-state index in [1.807, 2.05) is 0 Å². The maximum absolute atomic E-state index is 12.6. The second-order valence-electron chi connectivity index (χ2n) is 4.73.